The Morgan fingerprint density at radius 3 is 2.69 bits per heavy atom. The predicted octanol–water partition coefficient (Wildman–Crippen LogP) is 3.00. The molecule has 1 saturated carbocycles. The van der Waals surface area contributed by atoms with Crippen molar-refractivity contribution >= 4 is 5.91 Å². The van der Waals surface area contributed by atoms with Crippen LogP contribution in [0.4, 0.5) is 0 Å². The molecule has 1 amide bonds. The van der Waals surface area contributed by atoms with Crippen LogP contribution >= 0.6 is 0 Å². The molecule has 0 radical (unpaired) electrons. The summed E-state index contributed by atoms with van der Waals surface area (Å²) in [5.41, 5.74) is 0.765. The van der Waals surface area contributed by atoms with E-state index in [4.69, 9.17) is 0 Å². The summed E-state index contributed by atoms with van der Waals surface area (Å²) in [6.45, 7) is 2.26. The lowest BCUT2D eigenvalue weighted by atomic mass is 9.87. The number of rotatable bonds is 2. The molecule has 0 aliphatic heterocycles. The van der Waals surface area contributed by atoms with Crippen molar-refractivity contribution in [3.63, 3.8) is 0 Å². The van der Waals surface area contributed by atoms with Crippen LogP contribution in [0.3, 0.4) is 0 Å². The second kappa shape index (κ2) is 5.15. The zero-order valence-electron chi connectivity index (χ0n) is 9.78. The molecule has 2 rings (SSSR count). The molecular formula is C14H19NO. The van der Waals surface area contributed by atoms with E-state index in [1.54, 1.807) is 0 Å². The fourth-order valence-corrected chi connectivity index (χ4v) is 2.42. The maximum atomic E-state index is 11.9. The molecule has 2 atom stereocenters. The standard InChI is InChI=1S/C14H19NO/c1-11-6-5-9-13(10-11)15-14(16)12-7-3-2-4-8-12/h2-4,7-8,11,13H,5-6,9-10H2,1H3,(H,15,16). The number of carbonyl (C=O) groups is 1. The third-order valence-electron chi connectivity index (χ3n) is 3.31. The van der Waals surface area contributed by atoms with Gasteiger partial charge in [-0.05, 0) is 30.9 Å². The lowest BCUT2D eigenvalue weighted by molar-refractivity contribution is 0.0921. The van der Waals surface area contributed by atoms with Crippen LogP contribution in [0.5, 0.6) is 0 Å². The fraction of sp³-hybridized carbons (Fsp3) is 0.500. The number of hydrogen-bond acceptors (Lipinski definition) is 1. The van der Waals surface area contributed by atoms with Crippen LogP contribution < -0.4 is 5.32 Å². The summed E-state index contributed by atoms with van der Waals surface area (Å²) in [7, 11) is 0. The Morgan fingerprint density at radius 2 is 2.00 bits per heavy atom. The number of carbonyl (C=O) groups excluding carboxylic acids is 1. The summed E-state index contributed by atoms with van der Waals surface area (Å²) in [5.74, 6) is 0.814. The van der Waals surface area contributed by atoms with Crippen molar-refractivity contribution in [1.82, 2.24) is 5.32 Å². The lowest BCUT2D eigenvalue weighted by Gasteiger charge is -2.27. The van der Waals surface area contributed by atoms with E-state index in [1.165, 1.54) is 12.8 Å². The van der Waals surface area contributed by atoms with Crippen LogP contribution in [-0.2, 0) is 0 Å². The van der Waals surface area contributed by atoms with Crippen LogP contribution in [0.2, 0.25) is 0 Å². The van der Waals surface area contributed by atoms with Crippen molar-refractivity contribution in [2.75, 3.05) is 0 Å². The molecule has 1 fully saturated rings. The van der Waals surface area contributed by atoms with Gasteiger partial charge < -0.3 is 5.32 Å². The van der Waals surface area contributed by atoms with Gasteiger partial charge in [0, 0.05) is 11.6 Å². The van der Waals surface area contributed by atoms with Gasteiger partial charge in [-0.15, -0.1) is 0 Å². The van der Waals surface area contributed by atoms with Crippen LogP contribution in [0, 0.1) is 5.92 Å². The first-order valence-electron chi connectivity index (χ1n) is 6.11. The zero-order valence-corrected chi connectivity index (χ0v) is 9.78. The van der Waals surface area contributed by atoms with Crippen molar-refractivity contribution in [2.45, 2.75) is 38.6 Å². The van der Waals surface area contributed by atoms with E-state index in [-0.39, 0.29) is 5.91 Å². The van der Waals surface area contributed by atoms with Gasteiger partial charge in [-0.25, -0.2) is 0 Å². The van der Waals surface area contributed by atoms with Gasteiger partial charge in [0.05, 0.1) is 0 Å². The molecule has 2 unspecified atom stereocenters. The Hall–Kier alpha value is -1.31. The molecule has 86 valence electrons. The average Bonchev–Trinajstić information content (AvgIpc) is 2.30. The van der Waals surface area contributed by atoms with E-state index in [0.717, 1.165) is 24.3 Å². The SMILES string of the molecule is CC1CCCC(NC(=O)c2ccccc2)C1. The Kier molecular flexibility index (Phi) is 3.60. The first kappa shape index (κ1) is 11.2. The Bertz CT molecular complexity index is 347. The maximum Gasteiger partial charge on any atom is 0.251 e. The van der Waals surface area contributed by atoms with Crippen LogP contribution in [0.25, 0.3) is 0 Å². The molecule has 0 aromatic heterocycles. The van der Waals surface area contributed by atoms with Gasteiger partial charge in [0.15, 0.2) is 0 Å². The molecule has 1 aliphatic carbocycles. The molecule has 1 aromatic carbocycles. The van der Waals surface area contributed by atoms with Gasteiger partial charge >= 0.3 is 0 Å². The number of benzene rings is 1. The minimum absolute atomic E-state index is 0.0692. The molecule has 1 aromatic rings. The third-order valence-corrected chi connectivity index (χ3v) is 3.31. The molecule has 1 aliphatic rings. The summed E-state index contributed by atoms with van der Waals surface area (Å²) >= 11 is 0. The highest BCUT2D eigenvalue weighted by Crippen LogP contribution is 2.23. The van der Waals surface area contributed by atoms with Crippen molar-refractivity contribution in [3.8, 4) is 0 Å². The first-order valence-corrected chi connectivity index (χ1v) is 6.11. The zero-order chi connectivity index (χ0) is 11.4. The maximum absolute atomic E-state index is 11.9. The van der Waals surface area contributed by atoms with Crippen molar-refractivity contribution in [2.24, 2.45) is 5.92 Å². The Morgan fingerprint density at radius 1 is 1.25 bits per heavy atom. The largest absolute Gasteiger partial charge is 0.349 e. The van der Waals surface area contributed by atoms with Crippen molar-refractivity contribution in [3.05, 3.63) is 35.9 Å². The highest BCUT2D eigenvalue weighted by molar-refractivity contribution is 5.94. The molecule has 16 heavy (non-hydrogen) atoms. The third kappa shape index (κ3) is 2.84. The molecule has 0 bridgehead atoms. The minimum atomic E-state index is 0.0692. The van der Waals surface area contributed by atoms with E-state index < -0.39 is 0 Å². The molecule has 0 heterocycles. The predicted molar refractivity (Wildman–Crippen MR) is 65.3 cm³/mol. The van der Waals surface area contributed by atoms with Crippen molar-refractivity contribution in [1.29, 1.82) is 0 Å². The summed E-state index contributed by atoms with van der Waals surface area (Å²) < 4.78 is 0. The topological polar surface area (TPSA) is 29.1 Å². The molecular weight excluding hydrogens is 198 g/mol. The monoisotopic (exact) mass is 217 g/mol. The second-order valence-electron chi connectivity index (χ2n) is 4.81. The van der Waals surface area contributed by atoms with Crippen molar-refractivity contribution < 1.29 is 4.79 Å². The Balaban J connectivity index is 1.92. The summed E-state index contributed by atoms with van der Waals surface area (Å²) in [6.07, 6.45) is 4.79. The van der Waals surface area contributed by atoms with Gasteiger partial charge in [0.2, 0.25) is 0 Å². The van der Waals surface area contributed by atoms with E-state index in [9.17, 15) is 4.79 Å². The van der Waals surface area contributed by atoms with E-state index in [2.05, 4.69) is 12.2 Å². The quantitative estimate of drug-likeness (QED) is 0.810. The van der Waals surface area contributed by atoms with E-state index >= 15 is 0 Å². The number of nitrogens with one attached hydrogen (secondary N) is 1. The Labute approximate surface area is 97.1 Å². The highest BCUT2D eigenvalue weighted by atomic mass is 16.1. The average molecular weight is 217 g/mol. The normalized spacial score (nSPS) is 25.1. The van der Waals surface area contributed by atoms with Crippen LogP contribution in [0.15, 0.2) is 30.3 Å². The van der Waals surface area contributed by atoms with Gasteiger partial charge in [0.25, 0.3) is 5.91 Å². The molecule has 1 N–H and O–H groups in total. The minimum Gasteiger partial charge on any atom is -0.349 e. The van der Waals surface area contributed by atoms with Gasteiger partial charge in [0.1, 0.15) is 0 Å². The lowest BCUT2D eigenvalue weighted by Crippen LogP contribution is -2.37. The second-order valence-corrected chi connectivity index (χ2v) is 4.81. The van der Waals surface area contributed by atoms with Crippen LogP contribution in [0.1, 0.15) is 43.0 Å². The van der Waals surface area contributed by atoms with E-state index in [1.807, 2.05) is 30.3 Å². The first-order chi connectivity index (χ1) is 7.75. The molecule has 2 heteroatoms. The smallest absolute Gasteiger partial charge is 0.251 e. The summed E-state index contributed by atoms with van der Waals surface area (Å²) in [5, 5.41) is 3.13. The number of amides is 1. The molecule has 0 saturated heterocycles. The highest BCUT2D eigenvalue weighted by Gasteiger charge is 2.20. The molecule has 0 spiro atoms. The fourth-order valence-electron chi connectivity index (χ4n) is 2.42. The molecule has 2 nitrogen and oxygen atoms in total. The van der Waals surface area contributed by atoms with Crippen LogP contribution in [-0.4, -0.2) is 11.9 Å². The van der Waals surface area contributed by atoms with Gasteiger partial charge in [-0.1, -0.05) is 38.0 Å². The van der Waals surface area contributed by atoms with Gasteiger partial charge in [-0.2, -0.15) is 0 Å². The van der Waals surface area contributed by atoms with E-state index in [0.29, 0.717) is 6.04 Å². The van der Waals surface area contributed by atoms with Gasteiger partial charge in [-0.3, -0.25) is 4.79 Å². The summed E-state index contributed by atoms with van der Waals surface area (Å²) in [6, 6.07) is 9.83. The number of hydrogen-bond donors (Lipinski definition) is 1. The summed E-state index contributed by atoms with van der Waals surface area (Å²) in [4.78, 5) is 11.9.